The maximum Gasteiger partial charge on any atom is 0.303 e. The minimum Gasteiger partial charge on any atom is -0.461 e. The Morgan fingerprint density at radius 2 is 2.38 bits per heavy atom. The van der Waals surface area contributed by atoms with Crippen molar-refractivity contribution < 1.29 is 13.9 Å². The highest BCUT2D eigenvalue weighted by Gasteiger charge is 2.06. The zero-order valence-corrected chi connectivity index (χ0v) is 7.74. The van der Waals surface area contributed by atoms with Gasteiger partial charge in [-0.2, -0.15) is 0 Å². The van der Waals surface area contributed by atoms with E-state index in [1.165, 1.54) is 6.92 Å². The van der Waals surface area contributed by atoms with E-state index in [9.17, 15) is 4.79 Å². The topological polar surface area (TPSA) is 65.5 Å². The molecule has 0 aromatic carbocycles. The summed E-state index contributed by atoms with van der Waals surface area (Å²) >= 11 is 0. The number of carbonyl (C=O) groups excluding carboxylic acids is 1. The number of carbonyl (C=O) groups is 1. The molecule has 1 heterocycles. The molecule has 0 aliphatic rings. The minimum absolute atomic E-state index is 0.133. The van der Waals surface area contributed by atoms with Crippen LogP contribution >= 0.6 is 0 Å². The van der Waals surface area contributed by atoms with Crippen LogP contribution in [0.25, 0.3) is 0 Å². The molecule has 0 unspecified atom stereocenters. The van der Waals surface area contributed by atoms with Crippen molar-refractivity contribution in [2.24, 2.45) is 5.73 Å². The summed E-state index contributed by atoms with van der Waals surface area (Å²) in [4.78, 5) is 10.5. The van der Waals surface area contributed by atoms with Gasteiger partial charge in [-0.1, -0.05) is 0 Å². The van der Waals surface area contributed by atoms with E-state index in [0.717, 1.165) is 0 Å². The van der Waals surface area contributed by atoms with Crippen LogP contribution in [0.1, 0.15) is 31.4 Å². The maximum atomic E-state index is 10.5. The molecule has 1 aromatic heterocycles. The first-order chi connectivity index (χ1) is 6.09. The van der Waals surface area contributed by atoms with Gasteiger partial charge in [0, 0.05) is 6.92 Å². The van der Waals surface area contributed by atoms with Crippen molar-refractivity contribution in [2.75, 3.05) is 0 Å². The highest BCUT2D eigenvalue weighted by molar-refractivity contribution is 5.65. The summed E-state index contributed by atoms with van der Waals surface area (Å²) in [7, 11) is 0. The van der Waals surface area contributed by atoms with Gasteiger partial charge in [0.15, 0.2) is 0 Å². The number of esters is 1. The minimum atomic E-state index is -0.321. The Morgan fingerprint density at radius 3 is 2.85 bits per heavy atom. The van der Waals surface area contributed by atoms with Crippen LogP contribution in [0.2, 0.25) is 0 Å². The van der Waals surface area contributed by atoms with E-state index in [1.807, 2.05) is 6.92 Å². The highest BCUT2D eigenvalue weighted by Crippen LogP contribution is 2.14. The molecule has 4 heteroatoms. The summed E-state index contributed by atoms with van der Waals surface area (Å²) in [6.07, 6.45) is 0. The molecule has 72 valence electrons. The zero-order valence-electron chi connectivity index (χ0n) is 7.74. The van der Waals surface area contributed by atoms with Gasteiger partial charge in [-0.25, -0.2) is 0 Å². The third kappa shape index (κ3) is 2.91. The molecule has 0 radical (unpaired) electrons. The van der Waals surface area contributed by atoms with Gasteiger partial charge >= 0.3 is 5.97 Å². The monoisotopic (exact) mass is 183 g/mol. The van der Waals surface area contributed by atoms with E-state index < -0.39 is 0 Å². The second kappa shape index (κ2) is 4.09. The van der Waals surface area contributed by atoms with Crippen LogP contribution in [0, 0.1) is 0 Å². The average Bonchev–Trinajstić information content (AvgIpc) is 2.48. The van der Waals surface area contributed by atoms with Crippen LogP contribution in [0.15, 0.2) is 16.5 Å². The smallest absolute Gasteiger partial charge is 0.303 e. The lowest BCUT2D eigenvalue weighted by atomic mass is 10.3. The molecule has 1 aromatic rings. The van der Waals surface area contributed by atoms with Gasteiger partial charge in [-0.3, -0.25) is 4.79 Å². The van der Waals surface area contributed by atoms with Crippen LogP contribution in [-0.4, -0.2) is 5.97 Å². The number of hydrogen-bond donors (Lipinski definition) is 1. The van der Waals surface area contributed by atoms with Crippen LogP contribution in [0.3, 0.4) is 0 Å². The molecule has 0 fully saturated rings. The first kappa shape index (κ1) is 9.80. The fourth-order valence-electron chi connectivity index (χ4n) is 0.890. The third-order valence-corrected chi connectivity index (χ3v) is 1.55. The largest absolute Gasteiger partial charge is 0.461 e. The first-order valence-electron chi connectivity index (χ1n) is 4.07. The summed E-state index contributed by atoms with van der Waals surface area (Å²) in [6.45, 7) is 3.35. The molecule has 2 N–H and O–H groups in total. The summed E-state index contributed by atoms with van der Waals surface area (Å²) in [5.74, 6) is 0.989. The van der Waals surface area contributed by atoms with Crippen molar-refractivity contribution in [2.45, 2.75) is 26.5 Å². The van der Waals surface area contributed by atoms with Crippen molar-refractivity contribution in [3.05, 3.63) is 23.7 Å². The lowest BCUT2D eigenvalue weighted by molar-refractivity contribution is -0.142. The molecule has 0 saturated carbocycles. The Kier molecular flexibility index (Phi) is 3.08. The van der Waals surface area contributed by atoms with Gasteiger partial charge in [0.2, 0.25) is 0 Å². The fourth-order valence-corrected chi connectivity index (χ4v) is 0.890. The Balaban J connectivity index is 2.54. The summed E-state index contributed by atoms with van der Waals surface area (Å²) < 4.78 is 10.0. The first-order valence-corrected chi connectivity index (χ1v) is 4.07. The molecule has 0 saturated heterocycles. The van der Waals surface area contributed by atoms with E-state index in [-0.39, 0.29) is 18.6 Å². The number of rotatable bonds is 3. The summed E-state index contributed by atoms with van der Waals surface area (Å²) in [5.41, 5.74) is 5.58. The maximum absolute atomic E-state index is 10.5. The second-order valence-corrected chi connectivity index (χ2v) is 2.87. The second-order valence-electron chi connectivity index (χ2n) is 2.87. The lowest BCUT2D eigenvalue weighted by Crippen LogP contribution is -2.03. The van der Waals surface area contributed by atoms with E-state index in [1.54, 1.807) is 12.1 Å². The van der Waals surface area contributed by atoms with Gasteiger partial charge < -0.3 is 14.9 Å². The van der Waals surface area contributed by atoms with Gasteiger partial charge in [-0.15, -0.1) is 0 Å². The van der Waals surface area contributed by atoms with Crippen molar-refractivity contribution in [1.82, 2.24) is 0 Å². The third-order valence-electron chi connectivity index (χ3n) is 1.55. The zero-order chi connectivity index (χ0) is 9.84. The standard InChI is InChI=1S/C9H13NO3/c1-6(10)9-4-3-8(13-9)5-12-7(2)11/h3-4,6H,5,10H2,1-2H3/t6-/m1/s1. The van der Waals surface area contributed by atoms with E-state index in [4.69, 9.17) is 14.9 Å². The molecule has 1 atom stereocenters. The SMILES string of the molecule is CC(=O)OCc1ccc([C@@H](C)N)o1. The van der Waals surface area contributed by atoms with Crippen LogP contribution in [0.4, 0.5) is 0 Å². The van der Waals surface area contributed by atoms with Gasteiger partial charge in [0.05, 0.1) is 6.04 Å². The van der Waals surface area contributed by atoms with Crippen LogP contribution < -0.4 is 5.73 Å². The fraction of sp³-hybridized carbons (Fsp3) is 0.444. The Morgan fingerprint density at radius 1 is 1.69 bits per heavy atom. The molecule has 0 aliphatic carbocycles. The molecule has 0 amide bonds. The van der Waals surface area contributed by atoms with Crippen molar-refractivity contribution >= 4 is 5.97 Å². The number of hydrogen-bond acceptors (Lipinski definition) is 4. The van der Waals surface area contributed by atoms with E-state index in [0.29, 0.717) is 11.5 Å². The van der Waals surface area contributed by atoms with Crippen molar-refractivity contribution in [3.8, 4) is 0 Å². The summed E-state index contributed by atoms with van der Waals surface area (Å²) in [6, 6.07) is 3.40. The molecule has 0 aliphatic heterocycles. The molecule has 0 bridgehead atoms. The van der Waals surface area contributed by atoms with Gasteiger partial charge in [0.25, 0.3) is 0 Å². The molecule has 4 nitrogen and oxygen atoms in total. The highest BCUT2D eigenvalue weighted by atomic mass is 16.5. The van der Waals surface area contributed by atoms with E-state index >= 15 is 0 Å². The Hall–Kier alpha value is -1.29. The Labute approximate surface area is 76.7 Å². The molecule has 0 spiro atoms. The lowest BCUT2D eigenvalue weighted by Gasteiger charge is -2.00. The predicted molar refractivity (Wildman–Crippen MR) is 46.8 cm³/mol. The molecule has 1 rings (SSSR count). The van der Waals surface area contributed by atoms with E-state index in [2.05, 4.69) is 0 Å². The molecular formula is C9H13NO3. The summed E-state index contributed by atoms with van der Waals surface area (Å²) in [5, 5.41) is 0. The Bertz CT molecular complexity index is 291. The number of ether oxygens (including phenoxy) is 1. The normalized spacial score (nSPS) is 12.5. The quantitative estimate of drug-likeness (QED) is 0.718. The predicted octanol–water partition coefficient (Wildman–Crippen LogP) is 1.36. The molecular weight excluding hydrogens is 170 g/mol. The molecule has 13 heavy (non-hydrogen) atoms. The van der Waals surface area contributed by atoms with Gasteiger partial charge in [0.1, 0.15) is 18.1 Å². The van der Waals surface area contributed by atoms with Gasteiger partial charge in [-0.05, 0) is 19.1 Å². The number of furan rings is 1. The van der Waals surface area contributed by atoms with Crippen LogP contribution in [-0.2, 0) is 16.1 Å². The van der Waals surface area contributed by atoms with Crippen molar-refractivity contribution in [3.63, 3.8) is 0 Å². The average molecular weight is 183 g/mol. The number of nitrogens with two attached hydrogens (primary N) is 1. The van der Waals surface area contributed by atoms with Crippen LogP contribution in [0.5, 0.6) is 0 Å². The van der Waals surface area contributed by atoms with Crippen molar-refractivity contribution in [1.29, 1.82) is 0 Å².